The third kappa shape index (κ3) is 2.15. The van der Waals surface area contributed by atoms with Gasteiger partial charge in [0.15, 0.2) is 5.16 Å². The molecule has 0 fully saturated rings. The van der Waals surface area contributed by atoms with Crippen LogP contribution in [0, 0.1) is 0 Å². The van der Waals surface area contributed by atoms with Gasteiger partial charge in [0.2, 0.25) is 0 Å². The topological polar surface area (TPSA) is 21.1 Å². The Kier molecular flexibility index (Phi) is 3.21. The minimum absolute atomic E-state index is 0.652. The summed E-state index contributed by atoms with van der Waals surface area (Å²) < 4.78 is 4.48. The van der Waals surface area contributed by atoms with Crippen LogP contribution in [0.15, 0.2) is 23.4 Å². The molecule has 3 rings (SSSR count). The third-order valence-electron chi connectivity index (χ3n) is 2.79. The van der Waals surface area contributed by atoms with Gasteiger partial charge in [-0.1, -0.05) is 11.6 Å². The lowest BCUT2D eigenvalue weighted by Gasteiger charge is -2.25. The quantitative estimate of drug-likeness (QED) is 0.625. The molecule has 2 heterocycles. The van der Waals surface area contributed by atoms with Gasteiger partial charge < -0.3 is 4.57 Å². The molecule has 0 saturated heterocycles. The molecular formula is C11H11Cl2N3S. The first-order valence-corrected chi connectivity index (χ1v) is 7.11. The predicted molar refractivity (Wildman–Crippen MR) is 72.9 cm³/mol. The summed E-state index contributed by atoms with van der Waals surface area (Å²) in [5.74, 6) is 0.652. The van der Waals surface area contributed by atoms with Crippen molar-refractivity contribution in [2.45, 2.75) is 11.7 Å². The Labute approximate surface area is 114 Å². The average molecular weight is 288 g/mol. The Bertz CT molecular complexity index is 555. The molecule has 1 aromatic carbocycles. The smallest absolute Gasteiger partial charge is 0.184 e. The minimum atomic E-state index is 0.652. The highest BCUT2D eigenvalue weighted by atomic mass is 35.5. The van der Waals surface area contributed by atoms with Gasteiger partial charge in [-0.25, -0.2) is 9.29 Å². The van der Waals surface area contributed by atoms with Crippen LogP contribution < -0.4 is 0 Å². The van der Waals surface area contributed by atoms with Crippen molar-refractivity contribution in [1.29, 1.82) is 0 Å². The molecule has 0 amide bonds. The Morgan fingerprint density at radius 2 is 2.24 bits per heavy atom. The van der Waals surface area contributed by atoms with Gasteiger partial charge in [-0.2, -0.15) is 0 Å². The number of halogens is 2. The Morgan fingerprint density at radius 3 is 3.06 bits per heavy atom. The molecular weight excluding hydrogens is 277 g/mol. The number of imidazole rings is 1. The van der Waals surface area contributed by atoms with Crippen LogP contribution in [0.5, 0.6) is 0 Å². The molecule has 3 nitrogen and oxygen atoms in total. The molecule has 0 aliphatic carbocycles. The standard InChI is InChI=1S/C11H11Cl2N3S/c12-3-4-15-5-6-16-10-2-1-8(13)7-9(10)14-11(16)17-15/h1-2,7H,3-6H2. The molecule has 17 heavy (non-hydrogen) atoms. The molecule has 0 saturated carbocycles. The van der Waals surface area contributed by atoms with Gasteiger partial charge in [-0.05, 0) is 30.1 Å². The average Bonchev–Trinajstić information content (AvgIpc) is 2.65. The maximum Gasteiger partial charge on any atom is 0.184 e. The number of aromatic nitrogens is 2. The van der Waals surface area contributed by atoms with Crippen LogP contribution in [0.25, 0.3) is 11.0 Å². The first-order valence-electron chi connectivity index (χ1n) is 5.42. The van der Waals surface area contributed by atoms with Crippen molar-refractivity contribution >= 4 is 46.2 Å². The van der Waals surface area contributed by atoms with E-state index in [4.69, 9.17) is 23.2 Å². The SMILES string of the molecule is ClCCN1CCn2c(nc3cc(Cl)ccc32)S1. The summed E-state index contributed by atoms with van der Waals surface area (Å²) in [6.45, 7) is 2.84. The Morgan fingerprint density at radius 1 is 1.35 bits per heavy atom. The molecule has 0 unspecified atom stereocenters. The highest BCUT2D eigenvalue weighted by Gasteiger charge is 2.20. The highest BCUT2D eigenvalue weighted by molar-refractivity contribution is 7.96. The zero-order valence-electron chi connectivity index (χ0n) is 9.07. The van der Waals surface area contributed by atoms with Gasteiger partial charge in [0.1, 0.15) is 0 Å². The van der Waals surface area contributed by atoms with Crippen molar-refractivity contribution in [2.75, 3.05) is 19.0 Å². The molecule has 6 heteroatoms. The van der Waals surface area contributed by atoms with E-state index in [1.807, 2.05) is 18.2 Å². The lowest BCUT2D eigenvalue weighted by atomic mass is 10.3. The largest absolute Gasteiger partial charge is 0.317 e. The van der Waals surface area contributed by atoms with Crippen LogP contribution in [0.1, 0.15) is 0 Å². The molecule has 0 spiro atoms. The van der Waals surface area contributed by atoms with Gasteiger partial charge >= 0.3 is 0 Å². The van der Waals surface area contributed by atoms with E-state index in [-0.39, 0.29) is 0 Å². The second-order valence-electron chi connectivity index (χ2n) is 3.89. The first kappa shape index (κ1) is 11.7. The van der Waals surface area contributed by atoms with Gasteiger partial charge in [-0.3, -0.25) is 0 Å². The lowest BCUT2D eigenvalue weighted by Crippen LogP contribution is -2.27. The number of rotatable bonds is 2. The van der Waals surface area contributed by atoms with E-state index in [1.165, 1.54) is 0 Å². The zero-order chi connectivity index (χ0) is 11.8. The predicted octanol–water partition coefficient (Wildman–Crippen LogP) is 3.25. The van der Waals surface area contributed by atoms with Crippen LogP contribution in [0.2, 0.25) is 5.02 Å². The van der Waals surface area contributed by atoms with Crippen molar-refractivity contribution in [3.8, 4) is 0 Å². The Hall–Kier alpha value is -0.420. The Balaban J connectivity index is 2.01. The number of fused-ring (bicyclic) bond motifs is 3. The number of nitrogens with zero attached hydrogens (tertiary/aromatic N) is 3. The van der Waals surface area contributed by atoms with Gasteiger partial charge in [0.25, 0.3) is 0 Å². The maximum atomic E-state index is 5.98. The van der Waals surface area contributed by atoms with Crippen LogP contribution in [-0.2, 0) is 6.54 Å². The van der Waals surface area contributed by atoms with E-state index in [9.17, 15) is 0 Å². The summed E-state index contributed by atoms with van der Waals surface area (Å²) in [4.78, 5) is 4.60. The fourth-order valence-corrected chi connectivity index (χ4v) is 3.48. The normalized spacial score (nSPS) is 16.4. The van der Waals surface area contributed by atoms with Crippen LogP contribution in [0.3, 0.4) is 0 Å². The molecule has 1 aliphatic rings. The lowest BCUT2D eigenvalue weighted by molar-refractivity contribution is 0.427. The molecule has 1 aromatic heterocycles. The van der Waals surface area contributed by atoms with E-state index < -0.39 is 0 Å². The molecule has 0 radical (unpaired) electrons. The summed E-state index contributed by atoms with van der Waals surface area (Å²) >= 11 is 13.4. The molecule has 90 valence electrons. The summed E-state index contributed by atoms with van der Waals surface area (Å²) in [6.07, 6.45) is 0. The molecule has 2 aromatic rings. The van der Waals surface area contributed by atoms with Crippen molar-refractivity contribution in [3.63, 3.8) is 0 Å². The van der Waals surface area contributed by atoms with E-state index in [0.29, 0.717) is 5.88 Å². The van der Waals surface area contributed by atoms with Gasteiger partial charge in [0, 0.05) is 30.5 Å². The molecule has 0 atom stereocenters. The molecule has 1 aliphatic heterocycles. The van der Waals surface area contributed by atoms with E-state index in [2.05, 4.69) is 13.9 Å². The number of alkyl halides is 1. The summed E-state index contributed by atoms with van der Waals surface area (Å²) in [7, 11) is 0. The van der Waals surface area contributed by atoms with Gasteiger partial charge in [-0.15, -0.1) is 11.6 Å². The van der Waals surface area contributed by atoms with E-state index in [1.54, 1.807) is 11.9 Å². The van der Waals surface area contributed by atoms with E-state index >= 15 is 0 Å². The third-order valence-corrected chi connectivity index (χ3v) is 4.30. The van der Waals surface area contributed by atoms with Crippen molar-refractivity contribution in [2.24, 2.45) is 0 Å². The zero-order valence-corrected chi connectivity index (χ0v) is 11.4. The van der Waals surface area contributed by atoms with Crippen LogP contribution in [0.4, 0.5) is 0 Å². The number of benzene rings is 1. The molecule has 0 bridgehead atoms. The second kappa shape index (κ2) is 4.69. The number of hydrogen-bond acceptors (Lipinski definition) is 3. The molecule has 0 N–H and O–H groups in total. The summed E-state index contributed by atoms with van der Waals surface area (Å²) in [5.41, 5.74) is 2.12. The fraction of sp³-hybridized carbons (Fsp3) is 0.364. The maximum absolute atomic E-state index is 5.98. The van der Waals surface area contributed by atoms with Crippen molar-refractivity contribution < 1.29 is 0 Å². The highest BCUT2D eigenvalue weighted by Crippen LogP contribution is 2.31. The van der Waals surface area contributed by atoms with Crippen LogP contribution in [-0.4, -0.2) is 32.8 Å². The summed E-state index contributed by atoms with van der Waals surface area (Å²) in [6, 6.07) is 5.86. The monoisotopic (exact) mass is 287 g/mol. The van der Waals surface area contributed by atoms with Crippen LogP contribution >= 0.6 is 35.1 Å². The minimum Gasteiger partial charge on any atom is -0.317 e. The second-order valence-corrected chi connectivity index (χ2v) is 5.77. The van der Waals surface area contributed by atoms with E-state index in [0.717, 1.165) is 40.8 Å². The van der Waals surface area contributed by atoms with Crippen molar-refractivity contribution in [1.82, 2.24) is 13.9 Å². The first-order chi connectivity index (χ1) is 8.28. The van der Waals surface area contributed by atoms with Gasteiger partial charge in [0.05, 0.1) is 11.0 Å². The summed E-state index contributed by atoms with van der Waals surface area (Å²) in [5, 5.41) is 1.76. The fourth-order valence-electron chi connectivity index (χ4n) is 1.99. The number of hydrogen-bond donors (Lipinski definition) is 0. The van der Waals surface area contributed by atoms with Crippen molar-refractivity contribution in [3.05, 3.63) is 23.2 Å².